The minimum Gasteiger partial charge on any atom is -0.396 e. The van der Waals surface area contributed by atoms with Crippen molar-refractivity contribution in [3.8, 4) is 23.4 Å². The lowest BCUT2D eigenvalue weighted by atomic mass is 9.77. The van der Waals surface area contributed by atoms with Gasteiger partial charge in [-0.2, -0.15) is 4.98 Å². The number of pyridine rings is 1. The third kappa shape index (κ3) is 6.42. The number of fused-ring (bicyclic) bond motifs is 1. The van der Waals surface area contributed by atoms with E-state index < -0.39 is 5.92 Å². The Labute approximate surface area is 239 Å². The lowest BCUT2D eigenvalue weighted by Gasteiger charge is -2.39. The number of nitrogens with one attached hydrogen (secondary N) is 2. The molecule has 0 spiro atoms. The third-order valence-corrected chi connectivity index (χ3v) is 8.97. The topological polar surface area (TPSA) is 95.9 Å². The zero-order valence-corrected chi connectivity index (χ0v) is 24.0. The third-order valence-electron chi connectivity index (χ3n) is 7.93. The first-order chi connectivity index (χ1) is 19.3. The summed E-state index contributed by atoms with van der Waals surface area (Å²) in [6, 6.07) is 2.06. The summed E-state index contributed by atoms with van der Waals surface area (Å²) in [5.74, 6) is -0.710. The molecule has 7 nitrogen and oxygen atoms in total. The average Bonchev–Trinajstić information content (AvgIpc) is 3.52. The summed E-state index contributed by atoms with van der Waals surface area (Å²) in [6.45, 7) is 10.1. The van der Waals surface area contributed by atoms with Gasteiger partial charge in [0.15, 0.2) is 0 Å². The Morgan fingerprint density at radius 1 is 1.15 bits per heavy atom. The number of rotatable bonds is 8. The fraction of sp³-hybridized carbons (Fsp3) is 0.533. The quantitative estimate of drug-likeness (QED) is 0.203. The fourth-order valence-corrected chi connectivity index (χ4v) is 6.65. The maximum absolute atomic E-state index is 13.4. The highest BCUT2D eigenvalue weighted by molar-refractivity contribution is 7.21. The Balaban J connectivity index is 0.000000886. The molecule has 3 heterocycles. The summed E-state index contributed by atoms with van der Waals surface area (Å²) in [5, 5.41) is 17.4. The van der Waals surface area contributed by atoms with E-state index in [0.717, 1.165) is 64.3 Å². The summed E-state index contributed by atoms with van der Waals surface area (Å²) in [4.78, 5) is 19.2. The standard InChI is InChI=1S/C26H32F2N6OS.C2H4.C2H2/c1-13(17-10-26(27,28)11-17)30-25-31-14(2)20(23(34-25)32-18-6-3-15(9-18)12-35)24-33-22-19(36-24)7-8-29-21(22)16-4-5-16;2*1-2/h7-8,13,15-18,35H,3-6,9-12H2,1-2H3,(H2,30,31,32,34);1-2H2;1-2H/t13?,15-,18+;;/m1../s1. The normalized spacial score (nSPS) is 22.3. The van der Waals surface area contributed by atoms with Gasteiger partial charge in [-0.25, -0.2) is 18.7 Å². The molecule has 10 heteroatoms. The molecule has 0 radical (unpaired) electrons. The fourth-order valence-electron chi connectivity index (χ4n) is 5.58. The second-order valence-electron chi connectivity index (χ2n) is 10.9. The first-order valence-corrected chi connectivity index (χ1v) is 14.6. The highest BCUT2D eigenvalue weighted by Crippen LogP contribution is 2.46. The summed E-state index contributed by atoms with van der Waals surface area (Å²) >= 11 is 1.62. The van der Waals surface area contributed by atoms with Gasteiger partial charge in [0, 0.05) is 43.6 Å². The van der Waals surface area contributed by atoms with Gasteiger partial charge in [0.25, 0.3) is 0 Å². The van der Waals surface area contributed by atoms with Crippen LogP contribution in [-0.4, -0.2) is 49.7 Å². The van der Waals surface area contributed by atoms with Crippen LogP contribution in [0, 0.1) is 31.6 Å². The van der Waals surface area contributed by atoms with Crippen molar-refractivity contribution in [2.24, 2.45) is 11.8 Å². The zero-order valence-electron chi connectivity index (χ0n) is 23.2. The number of aliphatic hydroxyl groups excluding tert-OH is 1. The second kappa shape index (κ2) is 12.6. The lowest BCUT2D eigenvalue weighted by Crippen LogP contribution is -2.44. The molecule has 0 bridgehead atoms. The Kier molecular flexibility index (Phi) is 9.37. The molecule has 3 N–H and O–H groups in total. The molecule has 214 valence electrons. The Hall–Kier alpha value is -3.16. The van der Waals surface area contributed by atoms with Crippen molar-refractivity contribution in [2.75, 3.05) is 17.2 Å². The molecular formula is C30H38F2N6OS. The molecule has 1 unspecified atom stereocenters. The van der Waals surface area contributed by atoms with Gasteiger partial charge in [-0.15, -0.1) is 37.3 Å². The largest absolute Gasteiger partial charge is 0.396 e. The molecular weight excluding hydrogens is 530 g/mol. The van der Waals surface area contributed by atoms with Crippen LogP contribution in [0.15, 0.2) is 25.4 Å². The first-order valence-electron chi connectivity index (χ1n) is 13.8. The van der Waals surface area contributed by atoms with Crippen LogP contribution in [0.1, 0.15) is 69.2 Å². The van der Waals surface area contributed by atoms with Crippen molar-refractivity contribution in [1.82, 2.24) is 19.9 Å². The van der Waals surface area contributed by atoms with Crippen LogP contribution in [0.3, 0.4) is 0 Å². The second-order valence-corrected chi connectivity index (χ2v) is 11.9. The predicted octanol–water partition coefficient (Wildman–Crippen LogP) is 6.80. The van der Waals surface area contributed by atoms with Crippen LogP contribution in [-0.2, 0) is 0 Å². The maximum Gasteiger partial charge on any atom is 0.248 e. The number of terminal acetylenes is 1. The summed E-state index contributed by atoms with van der Waals surface area (Å²) in [7, 11) is 0. The Morgan fingerprint density at radius 3 is 2.50 bits per heavy atom. The van der Waals surface area contributed by atoms with E-state index in [1.54, 1.807) is 11.3 Å². The summed E-state index contributed by atoms with van der Waals surface area (Å²) in [6.07, 6.45) is 14.8. The van der Waals surface area contributed by atoms with E-state index in [0.29, 0.717) is 23.6 Å². The molecule has 3 atom stereocenters. The van der Waals surface area contributed by atoms with Gasteiger partial charge in [-0.3, -0.25) is 4.98 Å². The molecule has 3 aliphatic carbocycles. The molecule has 6 rings (SSSR count). The number of aromatic nitrogens is 4. The van der Waals surface area contributed by atoms with E-state index in [-0.39, 0.29) is 37.5 Å². The number of thiazole rings is 1. The number of halogens is 2. The number of aliphatic hydroxyl groups is 1. The van der Waals surface area contributed by atoms with E-state index in [4.69, 9.17) is 15.0 Å². The monoisotopic (exact) mass is 568 g/mol. The summed E-state index contributed by atoms with van der Waals surface area (Å²) < 4.78 is 27.9. The Bertz CT molecular complexity index is 1330. The van der Waals surface area contributed by atoms with Gasteiger partial charge in [-0.05, 0) is 63.9 Å². The molecule has 3 aromatic heterocycles. The van der Waals surface area contributed by atoms with Gasteiger partial charge < -0.3 is 15.7 Å². The minimum atomic E-state index is -2.55. The zero-order chi connectivity index (χ0) is 29.0. The number of hydrogen-bond donors (Lipinski definition) is 3. The highest BCUT2D eigenvalue weighted by Gasteiger charge is 2.47. The van der Waals surface area contributed by atoms with Crippen molar-refractivity contribution in [2.45, 2.75) is 82.7 Å². The average molecular weight is 569 g/mol. The highest BCUT2D eigenvalue weighted by atomic mass is 32.1. The van der Waals surface area contributed by atoms with Gasteiger partial charge in [0.1, 0.15) is 16.3 Å². The van der Waals surface area contributed by atoms with Crippen LogP contribution in [0.5, 0.6) is 0 Å². The number of aryl methyl sites for hydroxylation is 1. The van der Waals surface area contributed by atoms with Crippen molar-refractivity contribution < 1.29 is 13.9 Å². The molecule has 0 aliphatic heterocycles. The van der Waals surface area contributed by atoms with Gasteiger partial charge in [-0.1, -0.05) is 0 Å². The number of anilines is 2. The SMILES string of the molecule is C#C.C=C.Cc1nc(NC(C)C2CC(F)(F)C2)nc(N[C@H]2CC[C@@H](CO)C2)c1-c1nc2c(C3CC3)nccc2s1. The van der Waals surface area contributed by atoms with Gasteiger partial charge in [0.2, 0.25) is 11.9 Å². The lowest BCUT2D eigenvalue weighted by molar-refractivity contribution is -0.113. The van der Waals surface area contributed by atoms with Crippen molar-refractivity contribution in [1.29, 1.82) is 0 Å². The van der Waals surface area contributed by atoms with E-state index in [1.165, 1.54) is 0 Å². The smallest absolute Gasteiger partial charge is 0.248 e. The van der Waals surface area contributed by atoms with Crippen LogP contribution in [0.25, 0.3) is 20.8 Å². The van der Waals surface area contributed by atoms with Crippen molar-refractivity contribution >= 4 is 33.3 Å². The number of alkyl halides is 2. The van der Waals surface area contributed by atoms with Crippen LogP contribution in [0.2, 0.25) is 0 Å². The van der Waals surface area contributed by atoms with Crippen molar-refractivity contribution in [3.63, 3.8) is 0 Å². The molecule has 40 heavy (non-hydrogen) atoms. The maximum atomic E-state index is 13.4. The van der Waals surface area contributed by atoms with E-state index in [1.807, 2.05) is 26.1 Å². The number of nitrogens with zero attached hydrogens (tertiary/aromatic N) is 4. The Morgan fingerprint density at radius 2 is 1.88 bits per heavy atom. The first kappa shape index (κ1) is 29.8. The van der Waals surface area contributed by atoms with Gasteiger partial charge in [0.05, 0.1) is 21.7 Å². The molecule has 3 aliphatic rings. The number of hydrogen-bond acceptors (Lipinski definition) is 8. The molecule has 3 saturated carbocycles. The van der Waals surface area contributed by atoms with E-state index in [9.17, 15) is 13.9 Å². The molecule has 0 aromatic carbocycles. The van der Waals surface area contributed by atoms with Gasteiger partial charge >= 0.3 is 0 Å². The van der Waals surface area contributed by atoms with Crippen molar-refractivity contribution in [3.05, 3.63) is 36.8 Å². The molecule has 3 aromatic rings. The molecule has 0 saturated heterocycles. The summed E-state index contributed by atoms with van der Waals surface area (Å²) in [5.41, 5.74) is 3.71. The van der Waals surface area contributed by atoms with Crippen LogP contribution >= 0.6 is 11.3 Å². The minimum absolute atomic E-state index is 0.0993. The molecule has 3 fully saturated rings. The van der Waals surface area contributed by atoms with Crippen LogP contribution < -0.4 is 10.6 Å². The predicted molar refractivity (Wildman–Crippen MR) is 159 cm³/mol. The molecule has 0 amide bonds. The van der Waals surface area contributed by atoms with E-state index in [2.05, 4.69) is 41.6 Å². The van der Waals surface area contributed by atoms with E-state index >= 15 is 0 Å². The van der Waals surface area contributed by atoms with Crippen LogP contribution in [0.4, 0.5) is 20.5 Å².